The SMILES string of the molecule is CCC(C)NS(=O)(=O)c1ccc(NC(=S)NC(=O)CC2CCCC2)cc1. The van der Waals surface area contributed by atoms with E-state index in [-0.39, 0.29) is 22.0 Å². The Morgan fingerprint density at radius 3 is 2.42 bits per heavy atom. The number of amides is 1. The fourth-order valence-corrected chi connectivity index (χ4v) is 4.51. The number of hydrogen-bond donors (Lipinski definition) is 3. The van der Waals surface area contributed by atoms with E-state index in [9.17, 15) is 13.2 Å². The molecule has 1 unspecified atom stereocenters. The van der Waals surface area contributed by atoms with Gasteiger partial charge in [-0.05, 0) is 68.6 Å². The predicted molar refractivity (Wildman–Crippen MR) is 107 cm³/mol. The maximum atomic E-state index is 12.2. The first-order valence-electron chi connectivity index (χ1n) is 9.03. The molecule has 1 aliphatic carbocycles. The predicted octanol–water partition coefficient (Wildman–Crippen LogP) is 3.16. The Kier molecular flexibility index (Phi) is 7.55. The van der Waals surface area contributed by atoms with Gasteiger partial charge in [0.25, 0.3) is 0 Å². The van der Waals surface area contributed by atoms with E-state index in [2.05, 4.69) is 15.4 Å². The maximum Gasteiger partial charge on any atom is 0.240 e. The molecular weight excluding hydrogens is 370 g/mol. The van der Waals surface area contributed by atoms with Crippen LogP contribution in [0.2, 0.25) is 0 Å². The third-order valence-electron chi connectivity index (χ3n) is 4.59. The average Bonchev–Trinajstić information content (AvgIpc) is 3.07. The van der Waals surface area contributed by atoms with Crippen molar-refractivity contribution in [2.24, 2.45) is 5.92 Å². The molecule has 1 aromatic rings. The monoisotopic (exact) mass is 397 g/mol. The second-order valence-electron chi connectivity index (χ2n) is 6.81. The summed E-state index contributed by atoms with van der Waals surface area (Å²) in [5, 5.41) is 5.82. The van der Waals surface area contributed by atoms with Crippen molar-refractivity contribution in [2.75, 3.05) is 5.32 Å². The first-order valence-corrected chi connectivity index (χ1v) is 10.9. The minimum absolute atomic E-state index is 0.0775. The topological polar surface area (TPSA) is 87.3 Å². The molecule has 0 radical (unpaired) electrons. The van der Waals surface area contributed by atoms with Crippen molar-refractivity contribution in [3.8, 4) is 0 Å². The van der Waals surface area contributed by atoms with E-state index in [1.165, 1.54) is 25.0 Å². The third-order valence-corrected chi connectivity index (χ3v) is 6.40. The van der Waals surface area contributed by atoms with Crippen LogP contribution in [0, 0.1) is 5.92 Å². The molecule has 0 heterocycles. The Hall–Kier alpha value is -1.51. The van der Waals surface area contributed by atoms with Crippen molar-refractivity contribution in [2.45, 2.75) is 63.3 Å². The number of rotatable bonds is 7. The van der Waals surface area contributed by atoms with E-state index < -0.39 is 10.0 Å². The highest BCUT2D eigenvalue weighted by Gasteiger charge is 2.19. The molecule has 1 saturated carbocycles. The number of anilines is 1. The highest BCUT2D eigenvalue weighted by atomic mass is 32.2. The van der Waals surface area contributed by atoms with E-state index >= 15 is 0 Å². The van der Waals surface area contributed by atoms with Crippen LogP contribution in [0.3, 0.4) is 0 Å². The summed E-state index contributed by atoms with van der Waals surface area (Å²) in [7, 11) is -3.53. The lowest BCUT2D eigenvalue weighted by Gasteiger charge is -2.14. The fraction of sp³-hybridized carbons (Fsp3) is 0.556. The smallest absolute Gasteiger partial charge is 0.240 e. The maximum absolute atomic E-state index is 12.2. The highest BCUT2D eigenvalue weighted by molar-refractivity contribution is 7.89. The van der Waals surface area contributed by atoms with E-state index in [0.717, 1.165) is 12.8 Å². The van der Waals surface area contributed by atoms with Gasteiger partial charge in [-0.15, -0.1) is 0 Å². The molecule has 6 nitrogen and oxygen atoms in total. The van der Waals surface area contributed by atoms with Gasteiger partial charge in [0.1, 0.15) is 0 Å². The molecule has 144 valence electrons. The first kappa shape index (κ1) is 20.8. The molecule has 3 N–H and O–H groups in total. The lowest BCUT2D eigenvalue weighted by Crippen LogP contribution is -2.35. The lowest BCUT2D eigenvalue weighted by molar-refractivity contribution is -0.120. The van der Waals surface area contributed by atoms with Gasteiger partial charge in [0.15, 0.2) is 5.11 Å². The van der Waals surface area contributed by atoms with Crippen LogP contribution < -0.4 is 15.4 Å². The van der Waals surface area contributed by atoms with Crippen LogP contribution in [0.4, 0.5) is 5.69 Å². The van der Waals surface area contributed by atoms with Crippen LogP contribution in [0.5, 0.6) is 0 Å². The van der Waals surface area contributed by atoms with E-state index in [1.54, 1.807) is 12.1 Å². The van der Waals surface area contributed by atoms with Crippen LogP contribution in [-0.4, -0.2) is 25.5 Å². The Bertz CT molecular complexity index is 727. The van der Waals surface area contributed by atoms with Gasteiger partial charge in [-0.25, -0.2) is 13.1 Å². The normalized spacial score (nSPS) is 16.2. The molecule has 0 aromatic heterocycles. The Morgan fingerprint density at radius 2 is 1.85 bits per heavy atom. The zero-order chi connectivity index (χ0) is 19.2. The van der Waals surface area contributed by atoms with Crippen LogP contribution in [0.1, 0.15) is 52.4 Å². The molecule has 1 fully saturated rings. The molecular formula is C18H27N3O3S2. The molecule has 0 spiro atoms. The van der Waals surface area contributed by atoms with Gasteiger partial charge in [0.2, 0.25) is 15.9 Å². The third kappa shape index (κ3) is 6.34. The van der Waals surface area contributed by atoms with Crippen molar-refractivity contribution in [1.82, 2.24) is 10.0 Å². The summed E-state index contributed by atoms with van der Waals surface area (Å²) in [6.07, 6.45) is 5.82. The minimum atomic E-state index is -3.53. The first-order chi connectivity index (χ1) is 12.3. The number of thiocarbonyl (C=S) groups is 1. The second-order valence-corrected chi connectivity index (χ2v) is 8.93. The quantitative estimate of drug-likeness (QED) is 0.615. The number of nitrogens with one attached hydrogen (secondary N) is 3. The second kappa shape index (κ2) is 9.43. The highest BCUT2D eigenvalue weighted by Crippen LogP contribution is 2.27. The lowest BCUT2D eigenvalue weighted by atomic mass is 10.0. The summed E-state index contributed by atoms with van der Waals surface area (Å²) in [4.78, 5) is 12.2. The summed E-state index contributed by atoms with van der Waals surface area (Å²) >= 11 is 5.16. The number of hydrogen-bond acceptors (Lipinski definition) is 4. The molecule has 0 aliphatic heterocycles. The Balaban J connectivity index is 1.87. The fourth-order valence-electron chi connectivity index (χ4n) is 2.95. The molecule has 0 bridgehead atoms. The van der Waals surface area contributed by atoms with E-state index in [1.807, 2.05) is 13.8 Å². The summed E-state index contributed by atoms with van der Waals surface area (Å²) in [5.41, 5.74) is 0.624. The van der Waals surface area contributed by atoms with Crippen LogP contribution >= 0.6 is 12.2 Å². The summed E-state index contributed by atoms with van der Waals surface area (Å²) in [6, 6.07) is 6.15. The Labute approximate surface area is 161 Å². The largest absolute Gasteiger partial charge is 0.332 e. The van der Waals surface area contributed by atoms with Crippen molar-refractivity contribution < 1.29 is 13.2 Å². The van der Waals surface area contributed by atoms with E-state index in [0.29, 0.717) is 24.4 Å². The molecule has 0 saturated heterocycles. The van der Waals surface area contributed by atoms with E-state index in [4.69, 9.17) is 12.2 Å². The van der Waals surface area contributed by atoms with Crippen LogP contribution in [-0.2, 0) is 14.8 Å². The van der Waals surface area contributed by atoms with Gasteiger partial charge in [0.05, 0.1) is 4.90 Å². The van der Waals surface area contributed by atoms with Crippen molar-refractivity contribution >= 4 is 38.9 Å². The van der Waals surface area contributed by atoms with Gasteiger partial charge in [-0.1, -0.05) is 19.8 Å². The molecule has 2 rings (SSSR count). The van der Waals surface area contributed by atoms with Gasteiger partial charge >= 0.3 is 0 Å². The zero-order valence-corrected chi connectivity index (χ0v) is 16.9. The van der Waals surface area contributed by atoms with Crippen molar-refractivity contribution in [3.63, 3.8) is 0 Å². The van der Waals surface area contributed by atoms with Gasteiger partial charge in [-0.2, -0.15) is 0 Å². The van der Waals surface area contributed by atoms with Crippen LogP contribution in [0.25, 0.3) is 0 Å². The average molecular weight is 398 g/mol. The molecule has 1 amide bonds. The van der Waals surface area contributed by atoms with Crippen molar-refractivity contribution in [1.29, 1.82) is 0 Å². The number of sulfonamides is 1. The Morgan fingerprint density at radius 1 is 1.23 bits per heavy atom. The summed E-state index contributed by atoms with van der Waals surface area (Å²) in [6.45, 7) is 3.74. The number of benzene rings is 1. The molecule has 8 heteroatoms. The summed E-state index contributed by atoms with van der Waals surface area (Å²) < 4.78 is 27.1. The minimum Gasteiger partial charge on any atom is -0.332 e. The standard InChI is InChI=1S/C18H27N3O3S2/c1-3-13(2)21-26(23,24)16-10-8-15(9-11-16)19-18(25)20-17(22)12-14-6-4-5-7-14/h8-11,13-14,21H,3-7,12H2,1-2H3,(H2,19,20,22,25). The number of carbonyl (C=O) groups excluding carboxylic acids is 1. The summed E-state index contributed by atoms with van der Waals surface area (Å²) in [5.74, 6) is 0.381. The van der Waals surface area contributed by atoms with Gasteiger partial charge in [-0.3, -0.25) is 4.79 Å². The van der Waals surface area contributed by atoms with Gasteiger partial charge in [0, 0.05) is 18.2 Å². The molecule has 1 aliphatic rings. The molecule has 1 aromatic carbocycles. The number of carbonyl (C=O) groups is 1. The van der Waals surface area contributed by atoms with Crippen LogP contribution in [0.15, 0.2) is 29.2 Å². The van der Waals surface area contributed by atoms with Gasteiger partial charge < -0.3 is 10.6 Å². The molecule has 1 atom stereocenters. The van der Waals surface area contributed by atoms with Crippen molar-refractivity contribution in [3.05, 3.63) is 24.3 Å². The zero-order valence-electron chi connectivity index (χ0n) is 15.2. The molecule has 26 heavy (non-hydrogen) atoms.